The lowest BCUT2D eigenvalue weighted by atomic mass is 9.99. The van der Waals surface area contributed by atoms with Gasteiger partial charge in [0.2, 0.25) is 0 Å². The van der Waals surface area contributed by atoms with E-state index in [1.807, 2.05) is 18.2 Å². The van der Waals surface area contributed by atoms with Gasteiger partial charge in [-0.05, 0) is 50.4 Å². The van der Waals surface area contributed by atoms with Crippen molar-refractivity contribution >= 4 is 11.6 Å². The molecular weight excluding hydrogens is 244 g/mol. The largest absolute Gasteiger partial charge is 0.314 e. The highest BCUT2D eigenvalue weighted by atomic mass is 35.5. The van der Waals surface area contributed by atoms with Gasteiger partial charge in [0.05, 0.1) is 0 Å². The van der Waals surface area contributed by atoms with Crippen molar-refractivity contribution in [2.45, 2.75) is 51.2 Å². The van der Waals surface area contributed by atoms with E-state index < -0.39 is 0 Å². The Morgan fingerprint density at radius 1 is 1.44 bits per heavy atom. The summed E-state index contributed by atoms with van der Waals surface area (Å²) in [6.45, 7) is 4.35. The molecule has 0 bridgehead atoms. The molecule has 18 heavy (non-hydrogen) atoms. The quantitative estimate of drug-likeness (QED) is 0.854. The monoisotopic (exact) mass is 266 g/mol. The summed E-state index contributed by atoms with van der Waals surface area (Å²) in [7, 11) is 0. The molecule has 0 saturated carbocycles. The zero-order chi connectivity index (χ0) is 12.8. The van der Waals surface area contributed by atoms with Crippen molar-refractivity contribution in [3.8, 4) is 0 Å². The third-order valence-corrected chi connectivity index (χ3v) is 3.83. The molecule has 2 nitrogen and oxygen atoms in total. The second-order valence-corrected chi connectivity index (χ2v) is 5.73. The molecule has 2 unspecified atom stereocenters. The molecular formula is C15H23ClN2. The highest BCUT2D eigenvalue weighted by molar-refractivity contribution is 6.30. The number of benzene rings is 1. The van der Waals surface area contributed by atoms with Gasteiger partial charge in [-0.25, -0.2) is 0 Å². The molecule has 1 saturated heterocycles. The first-order valence-electron chi connectivity index (χ1n) is 6.95. The van der Waals surface area contributed by atoms with E-state index in [0.29, 0.717) is 12.1 Å². The minimum absolute atomic E-state index is 0.541. The van der Waals surface area contributed by atoms with Gasteiger partial charge in [-0.15, -0.1) is 0 Å². The molecule has 1 aliphatic rings. The SMILES string of the molecule is CC(CC1CCCCN1)NCc1cccc(Cl)c1. The predicted molar refractivity (Wildman–Crippen MR) is 78.0 cm³/mol. The molecule has 1 aromatic carbocycles. The lowest BCUT2D eigenvalue weighted by Crippen LogP contribution is -2.39. The fourth-order valence-corrected chi connectivity index (χ4v) is 2.79. The summed E-state index contributed by atoms with van der Waals surface area (Å²) in [5, 5.41) is 7.99. The average Bonchev–Trinajstić information content (AvgIpc) is 2.38. The molecule has 0 radical (unpaired) electrons. The van der Waals surface area contributed by atoms with Crippen LogP contribution in [0.25, 0.3) is 0 Å². The Labute approximate surface area is 115 Å². The van der Waals surface area contributed by atoms with E-state index in [2.05, 4.69) is 23.6 Å². The Morgan fingerprint density at radius 3 is 3.06 bits per heavy atom. The average molecular weight is 267 g/mol. The third kappa shape index (κ3) is 4.60. The van der Waals surface area contributed by atoms with Crippen LogP contribution in [0.5, 0.6) is 0 Å². The van der Waals surface area contributed by atoms with Crippen LogP contribution in [0, 0.1) is 0 Å². The summed E-state index contributed by atoms with van der Waals surface area (Å²) in [6, 6.07) is 9.30. The smallest absolute Gasteiger partial charge is 0.0409 e. The van der Waals surface area contributed by atoms with E-state index in [-0.39, 0.29) is 0 Å². The minimum Gasteiger partial charge on any atom is -0.314 e. The molecule has 2 rings (SSSR count). The lowest BCUT2D eigenvalue weighted by molar-refractivity contribution is 0.344. The first kappa shape index (κ1) is 13.9. The zero-order valence-electron chi connectivity index (χ0n) is 11.1. The number of nitrogens with one attached hydrogen (secondary N) is 2. The van der Waals surface area contributed by atoms with Crippen LogP contribution in [0.3, 0.4) is 0 Å². The Balaban J connectivity index is 1.72. The van der Waals surface area contributed by atoms with Gasteiger partial charge in [0.1, 0.15) is 0 Å². The number of hydrogen-bond donors (Lipinski definition) is 2. The predicted octanol–water partition coefficient (Wildman–Crippen LogP) is 3.35. The van der Waals surface area contributed by atoms with E-state index in [4.69, 9.17) is 11.6 Å². The van der Waals surface area contributed by atoms with Crippen molar-refractivity contribution in [2.24, 2.45) is 0 Å². The van der Waals surface area contributed by atoms with Crippen LogP contribution < -0.4 is 10.6 Å². The van der Waals surface area contributed by atoms with E-state index >= 15 is 0 Å². The van der Waals surface area contributed by atoms with Gasteiger partial charge in [0, 0.05) is 23.7 Å². The van der Waals surface area contributed by atoms with Gasteiger partial charge in [0.15, 0.2) is 0 Å². The van der Waals surface area contributed by atoms with Crippen molar-refractivity contribution in [3.05, 3.63) is 34.9 Å². The Kier molecular flexibility index (Phi) is 5.48. The molecule has 1 heterocycles. The van der Waals surface area contributed by atoms with Gasteiger partial charge in [-0.2, -0.15) is 0 Å². The Bertz CT molecular complexity index is 361. The molecule has 100 valence electrons. The Morgan fingerprint density at radius 2 is 2.33 bits per heavy atom. The van der Waals surface area contributed by atoms with E-state index in [1.165, 1.54) is 37.8 Å². The van der Waals surface area contributed by atoms with E-state index in [1.54, 1.807) is 0 Å². The first-order chi connectivity index (χ1) is 8.74. The minimum atomic E-state index is 0.541. The summed E-state index contributed by atoms with van der Waals surface area (Å²) in [6.07, 6.45) is 5.24. The summed E-state index contributed by atoms with van der Waals surface area (Å²) < 4.78 is 0. The number of rotatable bonds is 5. The van der Waals surface area contributed by atoms with Gasteiger partial charge < -0.3 is 10.6 Å². The number of halogens is 1. The Hall–Kier alpha value is -0.570. The van der Waals surface area contributed by atoms with E-state index in [9.17, 15) is 0 Å². The molecule has 1 fully saturated rings. The molecule has 0 spiro atoms. The molecule has 3 heteroatoms. The highest BCUT2D eigenvalue weighted by Crippen LogP contribution is 2.13. The number of hydrogen-bond acceptors (Lipinski definition) is 2. The second-order valence-electron chi connectivity index (χ2n) is 5.29. The van der Waals surface area contributed by atoms with Crippen molar-refractivity contribution in [2.75, 3.05) is 6.54 Å². The van der Waals surface area contributed by atoms with Crippen molar-refractivity contribution in [1.29, 1.82) is 0 Å². The maximum absolute atomic E-state index is 5.98. The fraction of sp³-hybridized carbons (Fsp3) is 0.600. The molecule has 2 N–H and O–H groups in total. The molecule has 1 aliphatic heterocycles. The van der Waals surface area contributed by atoms with Crippen LogP contribution in [-0.4, -0.2) is 18.6 Å². The normalized spacial score (nSPS) is 21.8. The zero-order valence-corrected chi connectivity index (χ0v) is 11.8. The first-order valence-corrected chi connectivity index (χ1v) is 7.33. The van der Waals surface area contributed by atoms with Crippen molar-refractivity contribution in [3.63, 3.8) is 0 Å². The van der Waals surface area contributed by atoms with Crippen LogP contribution in [0.2, 0.25) is 5.02 Å². The van der Waals surface area contributed by atoms with Gasteiger partial charge in [0.25, 0.3) is 0 Å². The van der Waals surface area contributed by atoms with E-state index in [0.717, 1.165) is 11.6 Å². The summed E-state index contributed by atoms with van der Waals surface area (Å²) >= 11 is 5.98. The van der Waals surface area contributed by atoms with Gasteiger partial charge >= 0.3 is 0 Å². The second kappa shape index (κ2) is 7.13. The van der Waals surface area contributed by atoms with Gasteiger partial charge in [-0.3, -0.25) is 0 Å². The van der Waals surface area contributed by atoms with Crippen LogP contribution in [0.1, 0.15) is 38.2 Å². The molecule has 2 atom stereocenters. The molecule has 0 aromatic heterocycles. The molecule has 0 aliphatic carbocycles. The van der Waals surface area contributed by atoms with Gasteiger partial charge in [-0.1, -0.05) is 30.2 Å². The highest BCUT2D eigenvalue weighted by Gasteiger charge is 2.15. The maximum atomic E-state index is 5.98. The maximum Gasteiger partial charge on any atom is 0.0409 e. The molecule has 1 aromatic rings. The topological polar surface area (TPSA) is 24.1 Å². The summed E-state index contributed by atoms with van der Waals surface area (Å²) in [5.74, 6) is 0. The van der Waals surface area contributed by atoms with Crippen LogP contribution >= 0.6 is 11.6 Å². The fourth-order valence-electron chi connectivity index (χ4n) is 2.57. The standard InChI is InChI=1S/C15H23ClN2/c1-12(9-15-7-2-3-8-17-15)18-11-13-5-4-6-14(16)10-13/h4-6,10,12,15,17-18H,2-3,7-9,11H2,1H3. The van der Waals surface area contributed by atoms with Crippen LogP contribution in [0.15, 0.2) is 24.3 Å². The van der Waals surface area contributed by atoms with Crippen LogP contribution in [0.4, 0.5) is 0 Å². The summed E-state index contributed by atoms with van der Waals surface area (Å²) in [4.78, 5) is 0. The van der Waals surface area contributed by atoms with Crippen molar-refractivity contribution in [1.82, 2.24) is 10.6 Å². The molecule has 0 amide bonds. The third-order valence-electron chi connectivity index (χ3n) is 3.59. The lowest BCUT2D eigenvalue weighted by Gasteiger charge is -2.26. The summed E-state index contributed by atoms with van der Waals surface area (Å²) in [5.41, 5.74) is 1.26. The number of piperidine rings is 1. The van der Waals surface area contributed by atoms with Crippen LogP contribution in [-0.2, 0) is 6.54 Å². The van der Waals surface area contributed by atoms with Crippen molar-refractivity contribution < 1.29 is 0 Å².